The molecule has 1 aliphatic rings. The zero-order valence-corrected chi connectivity index (χ0v) is 18.4. The first kappa shape index (κ1) is 21.8. The molecule has 1 aromatic heterocycles. The van der Waals surface area contributed by atoms with Gasteiger partial charge >= 0.3 is 0 Å². The molecule has 4 rings (SSSR count). The molecule has 3 N–H and O–H groups in total. The lowest BCUT2D eigenvalue weighted by Gasteiger charge is -2.33. The van der Waals surface area contributed by atoms with Crippen molar-refractivity contribution in [3.63, 3.8) is 0 Å². The Morgan fingerprint density at radius 3 is 2.75 bits per heavy atom. The van der Waals surface area contributed by atoms with Gasteiger partial charge in [0.2, 0.25) is 5.91 Å². The summed E-state index contributed by atoms with van der Waals surface area (Å²) in [6.07, 6.45) is 4.48. The van der Waals surface area contributed by atoms with Gasteiger partial charge in [-0.3, -0.25) is 9.59 Å². The molecule has 1 atom stereocenters. The lowest BCUT2D eigenvalue weighted by atomic mass is 10.0. The average molecular weight is 451 g/mol. The van der Waals surface area contributed by atoms with E-state index in [9.17, 15) is 9.59 Å². The highest BCUT2D eigenvalue weighted by molar-refractivity contribution is 7.98. The molecule has 3 aromatic rings. The number of nitrogen functional groups attached to an aromatic ring is 1. The fraction of sp³-hybridized carbons (Fsp3) is 0.208. The average Bonchev–Trinajstić information content (AvgIpc) is 2.81. The number of benzene rings is 2. The van der Waals surface area contributed by atoms with E-state index in [0.29, 0.717) is 30.8 Å². The first-order chi connectivity index (χ1) is 15.5. The number of thioether (sulfide) groups is 1. The summed E-state index contributed by atoms with van der Waals surface area (Å²) in [6, 6.07) is 15.1. The SMILES string of the molecule is CSc1ccccc1-c1ccc(N2CCCC(NC(=O)c3ccc(N)nc3)C2=O)c(F)c1. The number of nitrogens with one attached hydrogen (secondary N) is 1. The van der Waals surface area contributed by atoms with E-state index in [1.54, 1.807) is 23.9 Å². The molecule has 0 spiro atoms. The van der Waals surface area contributed by atoms with Crippen LogP contribution in [0.3, 0.4) is 0 Å². The number of nitrogens with two attached hydrogens (primary N) is 1. The summed E-state index contributed by atoms with van der Waals surface area (Å²) >= 11 is 1.60. The lowest BCUT2D eigenvalue weighted by molar-refractivity contribution is -0.121. The molecule has 2 heterocycles. The quantitative estimate of drug-likeness (QED) is 0.571. The maximum Gasteiger partial charge on any atom is 0.253 e. The number of carbonyl (C=O) groups is 2. The van der Waals surface area contributed by atoms with E-state index in [1.807, 2.05) is 36.6 Å². The number of nitrogens with zero attached hydrogens (tertiary/aromatic N) is 2. The maximum absolute atomic E-state index is 15.1. The van der Waals surface area contributed by atoms with Crippen molar-refractivity contribution in [1.82, 2.24) is 10.3 Å². The Hall–Kier alpha value is -3.39. The van der Waals surface area contributed by atoms with Crippen LogP contribution in [0, 0.1) is 5.82 Å². The molecule has 1 aliphatic heterocycles. The first-order valence-electron chi connectivity index (χ1n) is 10.2. The van der Waals surface area contributed by atoms with Gasteiger partial charge in [0.05, 0.1) is 11.3 Å². The van der Waals surface area contributed by atoms with E-state index in [0.717, 1.165) is 16.0 Å². The molecule has 1 fully saturated rings. The van der Waals surface area contributed by atoms with E-state index in [2.05, 4.69) is 10.3 Å². The largest absolute Gasteiger partial charge is 0.384 e. The van der Waals surface area contributed by atoms with E-state index in [4.69, 9.17) is 5.73 Å². The summed E-state index contributed by atoms with van der Waals surface area (Å²) in [5.74, 6) is -0.909. The van der Waals surface area contributed by atoms with Crippen LogP contribution < -0.4 is 16.0 Å². The van der Waals surface area contributed by atoms with Crippen LogP contribution in [0.4, 0.5) is 15.9 Å². The van der Waals surface area contributed by atoms with Crippen molar-refractivity contribution in [3.8, 4) is 11.1 Å². The maximum atomic E-state index is 15.1. The number of pyridine rings is 1. The molecule has 6 nitrogen and oxygen atoms in total. The predicted molar refractivity (Wildman–Crippen MR) is 125 cm³/mol. The molecule has 0 bridgehead atoms. The second-order valence-corrected chi connectivity index (χ2v) is 8.34. The molecule has 164 valence electrons. The molecular formula is C24H23FN4O2S. The minimum absolute atomic E-state index is 0.216. The van der Waals surface area contributed by atoms with Gasteiger partial charge in [0.15, 0.2) is 0 Å². The number of aromatic nitrogens is 1. The van der Waals surface area contributed by atoms with Crippen LogP contribution in [0.25, 0.3) is 11.1 Å². The number of anilines is 2. The normalized spacial score (nSPS) is 16.1. The summed E-state index contributed by atoms with van der Waals surface area (Å²) in [5.41, 5.74) is 7.78. The number of hydrogen-bond donors (Lipinski definition) is 2. The summed E-state index contributed by atoms with van der Waals surface area (Å²) in [7, 11) is 0. The summed E-state index contributed by atoms with van der Waals surface area (Å²) < 4.78 is 15.1. The Balaban J connectivity index is 1.54. The zero-order chi connectivity index (χ0) is 22.7. The minimum atomic E-state index is -0.731. The van der Waals surface area contributed by atoms with Gasteiger partial charge < -0.3 is 16.0 Å². The molecule has 0 saturated carbocycles. The van der Waals surface area contributed by atoms with Crippen molar-refractivity contribution >= 4 is 35.1 Å². The molecule has 32 heavy (non-hydrogen) atoms. The highest BCUT2D eigenvalue weighted by atomic mass is 32.2. The van der Waals surface area contributed by atoms with Gasteiger partial charge in [-0.15, -0.1) is 11.8 Å². The Morgan fingerprint density at radius 1 is 1.22 bits per heavy atom. The van der Waals surface area contributed by atoms with Crippen molar-refractivity contribution in [2.75, 3.05) is 23.4 Å². The number of hydrogen-bond acceptors (Lipinski definition) is 5. The molecule has 0 aliphatic carbocycles. The Bertz CT molecular complexity index is 1150. The molecule has 1 unspecified atom stereocenters. The standard InChI is InChI=1S/C24H23FN4O2S/c1-32-21-7-3-2-5-17(21)15-8-10-20(18(25)13-15)29-12-4-6-19(24(29)31)28-23(30)16-9-11-22(26)27-14-16/h2-3,5,7-11,13-14,19H,4,6,12H2,1H3,(H2,26,27)(H,28,30). The molecular weight excluding hydrogens is 427 g/mol. The van der Waals surface area contributed by atoms with Gasteiger partial charge in [-0.2, -0.15) is 0 Å². The number of piperidine rings is 1. The minimum Gasteiger partial charge on any atom is -0.384 e. The van der Waals surface area contributed by atoms with Gasteiger partial charge in [-0.25, -0.2) is 9.37 Å². The monoisotopic (exact) mass is 450 g/mol. The lowest BCUT2D eigenvalue weighted by Crippen LogP contribution is -2.52. The molecule has 0 radical (unpaired) electrons. The van der Waals surface area contributed by atoms with Crippen LogP contribution >= 0.6 is 11.8 Å². The Labute approximate surface area is 190 Å². The highest BCUT2D eigenvalue weighted by Gasteiger charge is 2.32. The summed E-state index contributed by atoms with van der Waals surface area (Å²) in [5, 5.41) is 2.74. The number of rotatable bonds is 5. The molecule has 1 saturated heterocycles. The molecule has 2 aromatic carbocycles. The summed E-state index contributed by atoms with van der Waals surface area (Å²) in [4.78, 5) is 31.9. The topological polar surface area (TPSA) is 88.3 Å². The number of amides is 2. The second-order valence-electron chi connectivity index (χ2n) is 7.50. The van der Waals surface area contributed by atoms with Gasteiger partial charge in [0.25, 0.3) is 5.91 Å². The van der Waals surface area contributed by atoms with Gasteiger partial charge in [0.1, 0.15) is 17.7 Å². The summed E-state index contributed by atoms with van der Waals surface area (Å²) in [6.45, 7) is 0.395. The first-order valence-corrected chi connectivity index (χ1v) is 11.5. The predicted octanol–water partition coefficient (Wildman–Crippen LogP) is 4.12. The second kappa shape index (κ2) is 9.40. The fourth-order valence-corrected chi connectivity index (χ4v) is 4.43. The smallest absolute Gasteiger partial charge is 0.253 e. The van der Waals surface area contributed by atoms with Crippen LogP contribution in [0.15, 0.2) is 65.7 Å². The third kappa shape index (κ3) is 4.45. The van der Waals surface area contributed by atoms with Crippen LogP contribution in [-0.4, -0.2) is 35.6 Å². The van der Waals surface area contributed by atoms with Crippen LogP contribution in [0.2, 0.25) is 0 Å². The molecule has 2 amide bonds. The van der Waals surface area contributed by atoms with E-state index < -0.39 is 17.8 Å². The van der Waals surface area contributed by atoms with E-state index in [-0.39, 0.29) is 11.6 Å². The van der Waals surface area contributed by atoms with Crippen molar-refractivity contribution in [3.05, 3.63) is 72.2 Å². The van der Waals surface area contributed by atoms with Crippen molar-refractivity contribution in [2.45, 2.75) is 23.8 Å². The third-order valence-corrected chi connectivity index (χ3v) is 6.24. The third-order valence-electron chi connectivity index (χ3n) is 5.45. The van der Waals surface area contributed by atoms with Crippen LogP contribution in [-0.2, 0) is 4.79 Å². The molecule has 8 heteroatoms. The van der Waals surface area contributed by atoms with E-state index >= 15 is 4.39 Å². The number of carbonyl (C=O) groups excluding carboxylic acids is 2. The van der Waals surface area contributed by atoms with Gasteiger partial charge in [-0.1, -0.05) is 24.3 Å². The van der Waals surface area contributed by atoms with Crippen molar-refractivity contribution < 1.29 is 14.0 Å². The van der Waals surface area contributed by atoms with E-state index in [1.165, 1.54) is 23.2 Å². The number of halogens is 1. The Morgan fingerprint density at radius 2 is 2.03 bits per heavy atom. The van der Waals surface area contributed by atoms with Crippen LogP contribution in [0.5, 0.6) is 0 Å². The Kier molecular flexibility index (Phi) is 6.41. The van der Waals surface area contributed by atoms with Crippen LogP contribution in [0.1, 0.15) is 23.2 Å². The van der Waals surface area contributed by atoms with Gasteiger partial charge in [0, 0.05) is 17.6 Å². The fourth-order valence-electron chi connectivity index (χ4n) is 3.81. The van der Waals surface area contributed by atoms with Crippen molar-refractivity contribution in [2.24, 2.45) is 0 Å². The highest BCUT2D eigenvalue weighted by Crippen LogP contribution is 2.33. The van der Waals surface area contributed by atoms with Crippen molar-refractivity contribution in [1.29, 1.82) is 0 Å². The zero-order valence-electron chi connectivity index (χ0n) is 17.5. The van der Waals surface area contributed by atoms with Gasteiger partial charge in [-0.05, 0) is 60.6 Å².